The Hall–Kier alpha value is -3.81. The second kappa shape index (κ2) is 9.21. The van der Waals surface area contributed by atoms with Crippen LogP contribution >= 0.6 is 0 Å². The Labute approximate surface area is 197 Å². The van der Waals surface area contributed by atoms with E-state index in [1.165, 1.54) is 6.07 Å². The van der Waals surface area contributed by atoms with Crippen molar-refractivity contribution in [3.8, 4) is 5.69 Å². The predicted molar refractivity (Wildman–Crippen MR) is 129 cm³/mol. The molecule has 3 heterocycles. The fraction of sp³-hybridized carbons (Fsp3) is 0.308. The predicted octanol–water partition coefficient (Wildman–Crippen LogP) is 4.10. The van der Waals surface area contributed by atoms with Crippen LogP contribution in [0.3, 0.4) is 0 Å². The van der Waals surface area contributed by atoms with Gasteiger partial charge in [0, 0.05) is 25.2 Å². The number of fused-ring (bicyclic) bond motifs is 1. The van der Waals surface area contributed by atoms with E-state index in [1.54, 1.807) is 18.2 Å². The standard InChI is InChI=1S/C26H27FN6O/c1-17-23-18(2)33(21-11-4-3-5-12-21)31-24(23)25(30-29-17)32-14-8-10-20(16-32)26(34)28-15-19-9-6-7-13-22(19)27/h3-7,9,11-13,20H,8,10,14-16H2,1-2H3,(H,28,34)/t20-/m0/s1. The maximum Gasteiger partial charge on any atom is 0.225 e. The van der Waals surface area contributed by atoms with Gasteiger partial charge in [0.15, 0.2) is 5.82 Å². The first-order valence-corrected chi connectivity index (χ1v) is 11.6. The molecule has 34 heavy (non-hydrogen) atoms. The lowest BCUT2D eigenvalue weighted by Crippen LogP contribution is -2.43. The second-order valence-corrected chi connectivity index (χ2v) is 8.76. The van der Waals surface area contributed by atoms with Crippen LogP contribution in [-0.4, -0.2) is 39.0 Å². The molecule has 1 aliphatic rings. The van der Waals surface area contributed by atoms with Crippen molar-refractivity contribution in [2.75, 3.05) is 18.0 Å². The third-order valence-corrected chi connectivity index (χ3v) is 6.49. The van der Waals surface area contributed by atoms with E-state index in [1.807, 2.05) is 48.9 Å². The maximum absolute atomic E-state index is 13.9. The first-order valence-electron chi connectivity index (χ1n) is 11.6. The van der Waals surface area contributed by atoms with Gasteiger partial charge in [0.1, 0.15) is 11.3 Å². The zero-order valence-electron chi connectivity index (χ0n) is 19.3. The number of nitrogens with zero attached hydrogens (tertiary/aromatic N) is 5. The molecule has 4 aromatic rings. The number of amides is 1. The lowest BCUT2D eigenvalue weighted by molar-refractivity contribution is -0.125. The van der Waals surface area contributed by atoms with Gasteiger partial charge in [0.05, 0.1) is 28.4 Å². The van der Waals surface area contributed by atoms with E-state index >= 15 is 0 Å². The first-order chi connectivity index (χ1) is 16.5. The van der Waals surface area contributed by atoms with Crippen LogP contribution in [0.1, 0.15) is 29.8 Å². The molecule has 0 radical (unpaired) electrons. The van der Waals surface area contributed by atoms with Crippen molar-refractivity contribution in [2.24, 2.45) is 5.92 Å². The Morgan fingerprint density at radius 3 is 2.65 bits per heavy atom. The smallest absolute Gasteiger partial charge is 0.225 e. The Bertz CT molecular complexity index is 1340. The van der Waals surface area contributed by atoms with Gasteiger partial charge in [-0.15, -0.1) is 5.10 Å². The SMILES string of the molecule is Cc1nnc(N2CCC[C@H](C(=O)NCc3ccccc3F)C2)c2nn(-c3ccccc3)c(C)c12. The number of carbonyl (C=O) groups is 1. The van der Waals surface area contributed by atoms with Crippen LogP contribution in [0.5, 0.6) is 0 Å². The molecule has 0 spiro atoms. The fourth-order valence-electron chi connectivity index (χ4n) is 4.70. The molecule has 0 bridgehead atoms. The third kappa shape index (κ3) is 4.11. The van der Waals surface area contributed by atoms with Gasteiger partial charge in [-0.2, -0.15) is 10.2 Å². The average Bonchev–Trinajstić information content (AvgIpc) is 3.22. The van der Waals surface area contributed by atoms with Gasteiger partial charge in [-0.05, 0) is 44.9 Å². The molecule has 0 unspecified atom stereocenters. The summed E-state index contributed by atoms with van der Waals surface area (Å²) in [5.74, 6) is 0.103. The molecule has 174 valence electrons. The van der Waals surface area contributed by atoms with Crippen molar-refractivity contribution in [3.63, 3.8) is 0 Å². The van der Waals surface area contributed by atoms with Crippen LogP contribution in [0.2, 0.25) is 0 Å². The minimum Gasteiger partial charge on any atom is -0.352 e. The maximum atomic E-state index is 13.9. The molecule has 2 aromatic heterocycles. The average molecular weight is 459 g/mol. The quantitative estimate of drug-likeness (QED) is 0.487. The van der Waals surface area contributed by atoms with Gasteiger partial charge in [-0.25, -0.2) is 9.07 Å². The van der Waals surface area contributed by atoms with Crippen molar-refractivity contribution >= 4 is 22.6 Å². The highest BCUT2D eigenvalue weighted by molar-refractivity contribution is 5.92. The molecule has 2 aromatic carbocycles. The molecule has 1 aliphatic heterocycles. The number of halogens is 1. The topological polar surface area (TPSA) is 75.9 Å². The first kappa shape index (κ1) is 22.0. The summed E-state index contributed by atoms with van der Waals surface area (Å²) in [5.41, 5.74) is 4.09. The van der Waals surface area contributed by atoms with Gasteiger partial charge >= 0.3 is 0 Å². The molecule has 5 rings (SSSR count). The summed E-state index contributed by atoms with van der Waals surface area (Å²) in [6.07, 6.45) is 1.63. The molecule has 0 saturated carbocycles. The number of para-hydroxylation sites is 1. The lowest BCUT2D eigenvalue weighted by atomic mass is 9.97. The van der Waals surface area contributed by atoms with E-state index in [9.17, 15) is 9.18 Å². The Morgan fingerprint density at radius 2 is 1.85 bits per heavy atom. The molecule has 0 aliphatic carbocycles. The fourth-order valence-corrected chi connectivity index (χ4v) is 4.70. The summed E-state index contributed by atoms with van der Waals surface area (Å²) in [5, 5.41) is 17.7. The van der Waals surface area contributed by atoms with Crippen molar-refractivity contribution in [1.82, 2.24) is 25.3 Å². The summed E-state index contributed by atoms with van der Waals surface area (Å²) >= 11 is 0. The minimum atomic E-state index is -0.310. The molecule has 1 amide bonds. The highest BCUT2D eigenvalue weighted by atomic mass is 19.1. The van der Waals surface area contributed by atoms with Crippen LogP contribution in [0, 0.1) is 25.6 Å². The van der Waals surface area contributed by atoms with Crippen molar-refractivity contribution in [2.45, 2.75) is 33.2 Å². The van der Waals surface area contributed by atoms with E-state index in [-0.39, 0.29) is 24.2 Å². The highest BCUT2D eigenvalue weighted by Crippen LogP contribution is 2.31. The number of aryl methyl sites for hydroxylation is 2. The molecular formula is C26H27FN6O. The zero-order valence-corrected chi connectivity index (χ0v) is 19.3. The van der Waals surface area contributed by atoms with Crippen LogP contribution in [0.4, 0.5) is 10.2 Å². The van der Waals surface area contributed by atoms with Crippen LogP contribution in [0.15, 0.2) is 54.6 Å². The van der Waals surface area contributed by atoms with E-state index in [4.69, 9.17) is 5.10 Å². The van der Waals surface area contributed by atoms with E-state index in [0.717, 1.165) is 47.4 Å². The number of nitrogens with one attached hydrogen (secondary N) is 1. The molecule has 7 nitrogen and oxygen atoms in total. The van der Waals surface area contributed by atoms with Gasteiger partial charge in [-0.3, -0.25) is 4.79 Å². The molecular weight excluding hydrogens is 431 g/mol. The van der Waals surface area contributed by atoms with Gasteiger partial charge < -0.3 is 10.2 Å². The Balaban J connectivity index is 1.40. The number of hydrogen-bond donors (Lipinski definition) is 1. The Morgan fingerprint density at radius 1 is 1.09 bits per heavy atom. The normalized spacial score (nSPS) is 16.1. The van der Waals surface area contributed by atoms with Crippen LogP contribution in [0.25, 0.3) is 16.6 Å². The molecule has 1 saturated heterocycles. The molecule has 1 atom stereocenters. The monoisotopic (exact) mass is 458 g/mol. The second-order valence-electron chi connectivity index (χ2n) is 8.76. The number of anilines is 1. The summed E-state index contributed by atoms with van der Waals surface area (Å²) in [4.78, 5) is 15.0. The largest absolute Gasteiger partial charge is 0.352 e. The Kier molecular flexibility index (Phi) is 5.96. The number of benzene rings is 2. The van der Waals surface area contributed by atoms with E-state index < -0.39 is 0 Å². The van der Waals surface area contributed by atoms with E-state index in [0.29, 0.717) is 17.9 Å². The molecule has 1 N–H and O–H groups in total. The van der Waals surface area contributed by atoms with Crippen LogP contribution in [-0.2, 0) is 11.3 Å². The molecule has 1 fully saturated rings. The zero-order chi connectivity index (χ0) is 23.7. The number of aromatic nitrogens is 4. The third-order valence-electron chi connectivity index (χ3n) is 6.49. The summed E-state index contributed by atoms with van der Waals surface area (Å²) in [6, 6.07) is 16.5. The van der Waals surface area contributed by atoms with Gasteiger partial charge in [0.2, 0.25) is 5.91 Å². The van der Waals surface area contributed by atoms with Gasteiger partial charge in [-0.1, -0.05) is 36.4 Å². The van der Waals surface area contributed by atoms with Crippen LogP contribution < -0.4 is 10.2 Å². The number of piperidine rings is 1. The summed E-state index contributed by atoms with van der Waals surface area (Å²) in [6.45, 7) is 5.46. The highest BCUT2D eigenvalue weighted by Gasteiger charge is 2.29. The number of rotatable bonds is 5. The minimum absolute atomic E-state index is 0.0738. The lowest BCUT2D eigenvalue weighted by Gasteiger charge is -2.32. The number of hydrogen-bond acceptors (Lipinski definition) is 5. The van der Waals surface area contributed by atoms with Crippen molar-refractivity contribution in [1.29, 1.82) is 0 Å². The van der Waals surface area contributed by atoms with Crippen molar-refractivity contribution < 1.29 is 9.18 Å². The summed E-state index contributed by atoms with van der Waals surface area (Å²) < 4.78 is 15.8. The van der Waals surface area contributed by atoms with E-state index in [2.05, 4.69) is 20.4 Å². The van der Waals surface area contributed by atoms with Gasteiger partial charge in [0.25, 0.3) is 0 Å². The molecule has 8 heteroatoms. The summed E-state index contributed by atoms with van der Waals surface area (Å²) in [7, 11) is 0. The number of carbonyl (C=O) groups excluding carboxylic acids is 1. The van der Waals surface area contributed by atoms with Crippen molar-refractivity contribution in [3.05, 3.63) is 77.4 Å².